The van der Waals surface area contributed by atoms with Crippen LogP contribution in [0, 0.1) is 5.41 Å². The highest BCUT2D eigenvalue weighted by Gasteiger charge is 2.42. The zero-order chi connectivity index (χ0) is 23.3. The lowest BCUT2D eigenvalue weighted by molar-refractivity contribution is -0.133. The molecule has 33 heavy (non-hydrogen) atoms. The molecule has 3 aromatic carbocycles. The van der Waals surface area contributed by atoms with Crippen molar-refractivity contribution in [2.75, 3.05) is 27.2 Å². The van der Waals surface area contributed by atoms with Crippen LogP contribution in [0.5, 0.6) is 5.75 Å². The maximum Gasteiger partial charge on any atom is 0.253 e. The van der Waals surface area contributed by atoms with Gasteiger partial charge in [-0.1, -0.05) is 60.7 Å². The minimum Gasteiger partial charge on any atom is -0.497 e. The number of carbonyl (C=O) groups excluding carboxylic acids is 2. The number of nitrogens with zero attached hydrogens (tertiary/aromatic N) is 1. The van der Waals surface area contributed by atoms with Gasteiger partial charge in [0.2, 0.25) is 5.91 Å². The van der Waals surface area contributed by atoms with E-state index >= 15 is 0 Å². The van der Waals surface area contributed by atoms with Crippen LogP contribution in [0.15, 0.2) is 78.9 Å². The number of ether oxygens (including phenoxy) is 1. The SMILES string of the molecule is CNC(=O)C1(Cc2ccc(-c3ccccc3)cc2)CCN(C(=O)c2cccc(OC)c2)CC1. The van der Waals surface area contributed by atoms with E-state index in [0.29, 0.717) is 43.7 Å². The average molecular weight is 443 g/mol. The van der Waals surface area contributed by atoms with Gasteiger partial charge in [0.25, 0.3) is 5.91 Å². The third kappa shape index (κ3) is 4.92. The molecule has 1 saturated heterocycles. The Hall–Kier alpha value is -3.60. The number of hydrogen-bond donors (Lipinski definition) is 1. The predicted octanol–water partition coefficient (Wildman–Crippen LogP) is 4.57. The van der Waals surface area contributed by atoms with Crippen molar-refractivity contribution in [2.45, 2.75) is 19.3 Å². The van der Waals surface area contributed by atoms with Gasteiger partial charge in [0.05, 0.1) is 12.5 Å². The summed E-state index contributed by atoms with van der Waals surface area (Å²) in [6, 6.07) is 25.9. The minimum absolute atomic E-state index is 0.0216. The van der Waals surface area contributed by atoms with Crippen molar-refractivity contribution in [1.29, 1.82) is 0 Å². The minimum atomic E-state index is -0.520. The van der Waals surface area contributed by atoms with Crippen molar-refractivity contribution in [3.63, 3.8) is 0 Å². The van der Waals surface area contributed by atoms with E-state index < -0.39 is 5.41 Å². The number of amides is 2. The highest BCUT2D eigenvalue weighted by atomic mass is 16.5. The number of benzene rings is 3. The quantitative estimate of drug-likeness (QED) is 0.608. The molecule has 2 amide bonds. The number of rotatable bonds is 6. The van der Waals surface area contributed by atoms with Crippen molar-refractivity contribution in [3.8, 4) is 16.9 Å². The third-order valence-corrected chi connectivity index (χ3v) is 6.64. The first-order valence-electron chi connectivity index (χ1n) is 11.3. The van der Waals surface area contributed by atoms with Gasteiger partial charge in [-0.15, -0.1) is 0 Å². The molecule has 0 bridgehead atoms. The topological polar surface area (TPSA) is 58.6 Å². The summed E-state index contributed by atoms with van der Waals surface area (Å²) in [7, 11) is 3.28. The van der Waals surface area contributed by atoms with E-state index in [0.717, 1.165) is 11.1 Å². The number of nitrogens with one attached hydrogen (secondary N) is 1. The van der Waals surface area contributed by atoms with Crippen LogP contribution in [0.25, 0.3) is 11.1 Å². The van der Waals surface area contributed by atoms with Crippen LogP contribution in [0.2, 0.25) is 0 Å². The number of methoxy groups -OCH3 is 1. The van der Waals surface area contributed by atoms with Crippen molar-refractivity contribution >= 4 is 11.8 Å². The molecule has 4 rings (SSSR count). The molecule has 1 N–H and O–H groups in total. The first-order chi connectivity index (χ1) is 16.0. The fourth-order valence-electron chi connectivity index (χ4n) is 4.66. The first-order valence-corrected chi connectivity index (χ1v) is 11.3. The van der Waals surface area contributed by atoms with E-state index in [4.69, 9.17) is 4.74 Å². The van der Waals surface area contributed by atoms with Crippen LogP contribution < -0.4 is 10.1 Å². The van der Waals surface area contributed by atoms with Gasteiger partial charge in [-0.3, -0.25) is 9.59 Å². The van der Waals surface area contributed by atoms with E-state index in [1.165, 1.54) is 5.56 Å². The van der Waals surface area contributed by atoms with Crippen LogP contribution >= 0.6 is 0 Å². The molecule has 0 spiro atoms. The highest BCUT2D eigenvalue weighted by molar-refractivity contribution is 5.95. The lowest BCUT2D eigenvalue weighted by Crippen LogP contribution is -2.50. The van der Waals surface area contributed by atoms with Gasteiger partial charge in [0.15, 0.2) is 0 Å². The molecule has 1 fully saturated rings. The monoisotopic (exact) mass is 442 g/mol. The zero-order valence-corrected chi connectivity index (χ0v) is 19.2. The van der Waals surface area contributed by atoms with Gasteiger partial charge in [-0.05, 0) is 54.2 Å². The smallest absolute Gasteiger partial charge is 0.253 e. The van der Waals surface area contributed by atoms with Gasteiger partial charge in [0, 0.05) is 25.7 Å². The Morgan fingerprint density at radius 2 is 1.58 bits per heavy atom. The van der Waals surface area contributed by atoms with Crippen LogP contribution in [0.4, 0.5) is 0 Å². The summed E-state index contributed by atoms with van der Waals surface area (Å²) in [6.07, 6.45) is 1.91. The summed E-state index contributed by atoms with van der Waals surface area (Å²) in [4.78, 5) is 27.8. The molecule has 0 radical (unpaired) electrons. The largest absolute Gasteiger partial charge is 0.497 e. The molecule has 3 aromatic rings. The summed E-state index contributed by atoms with van der Waals surface area (Å²) >= 11 is 0. The lowest BCUT2D eigenvalue weighted by atomic mass is 9.72. The molecule has 1 heterocycles. The van der Waals surface area contributed by atoms with E-state index in [-0.39, 0.29) is 11.8 Å². The van der Waals surface area contributed by atoms with Crippen molar-refractivity contribution < 1.29 is 14.3 Å². The molecule has 0 saturated carbocycles. The number of hydrogen-bond acceptors (Lipinski definition) is 3. The van der Waals surface area contributed by atoms with E-state index in [1.54, 1.807) is 26.3 Å². The Kier molecular flexibility index (Phi) is 6.78. The Morgan fingerprint density at radius 1 is 0.909 bits per heavy atom. The molecule has 0 aliphatic carbocycles. The Bertz CT molecular complexity index is 1100. The van der Waals surface area contributed by atoms with E-state index in [1.807, 2.05) is 35.2 Å². The normalized spacial score (nSPS) is 15.0. The molecule has 0 atom stereocenters. The summed E-state index contributed by atoms with van der Waals surface area (Å²) in [6.45, 7) is 1.09. The number of piperidine rings is 1. The fraction of sp³-hybridized carbons (Fsp3) is 0.286. The molecule has 0 unspecified atom stereocenters. The Morgan fingerprint density at radius 3 is 2.21 bits per heavy atom. The van der Waals surface area contributed by atoms with Gasteiger partial charge in [0.1, 0.15) is 5.75 Å². The van der Waals surface area contributed by atoms with Gasteiger partial charge in [-0.25, -0.2) is 0 Å². The van der Waals surface area contributed by atoms with E-state index in [2.05, 4.69) is 41.7 Å². The molecule has 5 heteroatoms. The van der Waals surface area contributed by atoms with Crippen molar-refractivity contribution in [2.24, 2.45) is 5.41 Å². The van der Waals surface area contributed by atoms with Crippen LogP contribution in [0.3, 0.4) is 0 Å². The molecular formula is C28H30N2O3. The van der Waals surface area contributed by atoms with Crippen LogP contribution in [-0.4, -0.2) is 44.0 Å². The molecule has 1 aliphatic heterocycles. The van der Waals surface area contributed by atoms with Gasteiger partial charge in [-0.2, -0.15) is 0 Å². The average Bonchev–Trinajstić information content (AvgIpc) is 2.89. The van der Waals surface area contributed by atoms with E-state index in [9.17, 15) is 9.59 Å². The molecule has 170 valence electrons. The zero-order valence-electron chi connectivity index (χ0n) is 19.2. The second-order valence-corrected chi connectivity index (χ2v) is 8.62. The molecule has 0 aromatic heterocycles. The first kappa shape index (κ1) is 22.6. The van der Waals surface area contributed by atoms with Crippen molar-refractivity contribution in [3.05, 3.63) is 90.0 Å². The maximum absolute atomic E-state index is 13.0. The fourth-order valence-corrected chi connectivity index (χ4v) is 4.66. The summed E-state index contributed by atoms with van der Waals surface area (Å²) in [5.41, 5.74) is 3.55. The Labute approximate surface area is 195 Å². The number of likely N-dealkylation sites (tertiary alicyclic amines) is 1. The molecular weight excluding hydrogens is 412 g/mol. The maximum atomic E-state index is 13.0. The standard InChI is InChI=1S/C28H30N2O3/c1-29-27(32)28(20-21-11-13-23(14-12-21)22-7-4-3-5-8-22)15-17-30(18-16-28)26(31)24-9-6-10-25(19-24)33-2/h3-14,19H,15-18,20H2,1-2H3,(H,29,32). The second-order valence-electron chi connectivity index (χ2n) is 8.62. The summed E-state index contributed by atoms with van der Waals surface area (Å²) < 4.78 is 5.25. The van der Waals surface area contributed by atoms with Crippen LogP contribution in [0.1, 0.15) is 28.8 Å². The van der Waals surface area contributed by atoms with Crippen LogP contribution in [-0.2, 0) is 11.2 Å². The van der Waals surface area contributed by atoms with Gasteiger partial charge >= 0.3 is 0 Å². The summed E-state index contributed by atoms with van der Waals surface area (Å²) in [5.74, 6) is 0.686. The van der Waals surface area contributed by atoms with Gasteiger partial charge < -0.3 is 15.0 Å². The third-order valence-electron chi connectivity index (χ3n) is 6.64. The molecule has 1 aliphatic rings. The molecule has 5 nitrogen and oxygen atoms in total. The van der Waals surface area contributed by atoms with Crippen molar-refractivity contribution in [1.82, 2.24) is 10.2 Å². The second kappa shape index (κ2) is 9.90. The number of carbonyl (C=O) groups is 2. The highest BCUT2D eigenvalue weighted by Crippen LogP contribution is 2.36. The summed E-state index contributed by atoms with van der Waals surface area (Å²) in [5, 5.41) is 2.86. The Balaban J connectivity index is 1.47. The lowest BCUT2D eigenvalue weighted by Gasteiger charge is -2.40. The predicted molar refractivity (Wildman–Crippen MR) is 130 cm³/mol.